The molecule has 0 amide bonds. The van der Waals surface area contributed by atoms with Crippen molar-refractivity contribution in [3.63, 3.8) is 0 Å². The van der Waals surface area contributed by atoms with Crippen molar-refractivity contribution < 1.29 is 0 Å². The van der Waals surface area contributed by atoms with Gasteiger partial charge < -0.3 is 4.90 Å². The monoisotopic (exact) mass is 767 g/mol. The lowest BCUT2D eigenvalue weighted by Crippen LogP contribution is -2.28. The number of thiophene rings is 1. The second-order valence-electron chi connectivity index (χ2n) is 15.5. The minimum absolute atomic E-state index is 0.522. The number of hydrogen-bond acceptors (Lipinski definition) is 2. The number of anilines is 3. The molecule has 1 aromatic heterocycles. The van der Waals surface area contributed by atoms with Gasteiger partial charge in [0.1, 0.15) is 0 Å². The van der Waals surface area contributed by atoms with Gasteiger partial charge in [-0.3, -0.25) is 0 Å². The van der Waals surface area contributed by atoms with Gasteiger partial charge >= 0.3 is 0 Å². The van der Waals surface area contributed by atoms with E-state index in [0.717, 1.165) is 11.4 Å². The maximum Gasteiger partial charge on any atom is 0.0719 e. The van der Waals surface area contributed by atoms with Crippen LogP contribution in [-0.4, -0.2) is 0 Å². The van der Waals surface area contributed by atoms with E-state index >= 15 is 0 Å². The summed E-state index contributed by atoms with van der Waals surface area (Å²) in [5.41, 5.74) is 13.2. The molecule has 1 nitrogen and oxygen atoms in total. The van der Waals surface area contributed by atoms with Crippen molar-refractivity contribution in [3.05, 3.63) is 247 Å². The summed E-state index contributed by atoms with van der Waals surface area (Å²) in [6, 6.07) is 83.1. The van der Waals surface area contributed by atoms with Crippen LogP contribution in [-0.2, 0) is 5.41 Å². The van der Waals surface area contributed by atoms with E-state index in [0.29, 0.717) is 0 Å². The Bertz CT molecular complexity index is 3340. The quantitative estimate of drug-likeness (QED) is 0.163. The van der Waals surface area contributed by atoms with Crippen LogP contribution in [0.25, 0.3) is 64.0 Å². The molecule has 2 heteroatoms. The smallest absolute Gasteiger partial charge is 0.0719 e. The second-order valence-corrected chi connectivity index (χ2v) is 16.6. The molecule has 11 aromatic rings. The van der Waals surface area contributed by atoms with E-state index in [1.54, 1.807) is 0 Å². The molecule has 1 aliphatic rings. The first-order valence-corrected chi connectivity index (χ1v) is 21.2. The lowest BCUT2D eigenvalue weighted by molar-refractivity contribution is 0.775. The van der Waals surface area contributed by atoms with Gasteiger partial charge in [-0.15, -0.1) is 11.3 Å². The summed E-state index contributed by atoms with van der Waals surface area (Å²) in [7, 11) is 0. The van der Waals surface area contributed by atoms with E-state index in [1.807, 2.05) is 11.3 Å². The summed E-state index contributed by atoms with van der Waals surface area (Å²) >= 11 is 1.86. The maximum atomic E-state index is 2.48. The molecule has 1 heterocycles. The van der Waals surface area contributed by atoms with Crippen LogP contribution < -0.4 is 4.90 Å². The Kier molecular flexibility index (Phi) is 7.69. The largest absolute Gasteiger partial charge is 0.309 e. The highest BCUT2D eigenvalue weighted by Gasteiger charge is 2.48. The number of hydrogen-bond donors (Lipinski definition) is 0. The Morgan fingerprint density at radius 3 is 1.73 bits per heavy atom. The molecular formula is C57H37NS. The van der Waals surface area contributed by atoms with Crippen molar-refractivity contribution in [2.75, 3.05) is 4.90 Å². The zero-order valence-corrected chi connectivity index (χ0v) is 33.0. The van der Waals surface area contributed by atoms with Crippen molar-refractivity contribution in [3.8, 4) is 22.3 Å². The van der Waals surface area contributed by atoms with Crippen molar-refractivity contribution in [2.45, 2.75) is 5.41 Å². The molecule has 0 aliphatic heterocycles. The van der Waals surface area contributed by atoms with Crippen molar-refractivity contribution >= 4 is 70.1 Å². The van der Waals surface area contributed by atoms with Crippen LogP contribution in [0.5, 0.6) is 0 Å². The highest BCUT2D eigenvalue weighted by atomic mass is 32.1. The van der Waals surface area contributed by atoms with Crippen LogP contribution in [0.3, 0.4) is 0 Å². The lowest BCUT2D eigenvalue weighted by Gasteiger charge is -2.35. The maximum absolute atomic E-state index is 2.48. The van der Waals surface area contributed by atoms with E-state index in [-0.39, 0.29) is 0 Å². The van der Waals surface area contributed by atoms with E-state index in [4.69, 9.17) is 0 Å². The molecule has 0 unspecified atom stereocenters. The Labute approximate surface area is 347 Å². The third-order valence-corrected chi connectivity index (χ3v) is 13.6. The minimum Gasteiger partial charge on any atom is -0.309 e. The number of fused-ring (bicyclic) bond motifs is 9. The molecule has 0 spiro atoms. The van der Waals surface area contributed by atoms with Crippen molar-refractivity contribution in [1.29, 1.82) is 0 Å². The Morgan fingerprint density at radius 1 is 0.373 bits per heavy atom. The number of para-hydroxylation sites is 1. The average molecular weight is 768 g/mol. The summed E-state index contributed by atoms with van der Waals surface area (Å²) in [5, 5.41) is 7.52. The number of nitrogens with zero attached hydrogens (tertiary/aromatic N) is 1. The van der Waals surface area contributed by atoms with Crippen LogP contribution in [0.2, 0.25) is 0 Å². The van der Waals surface area contributed by atoms with Crippen LogP contribution in [0.1, 0.15) is 22.3 Å². The minimum atomic E-state index is -0.522. The zero-order valence-electron chi connectivity index (χ0n) is 32.2. The standard InChI is InChI=1S/C57H37NS/c1-4-20-39(21-5-1)57(40-22-6-2-7-23-40)49-31-16-14-29-46(49)54-48(37-38-19-10-11-26-42(38)56(54)57)44-35-36-50(45-28-13-12-27-43(44)45)58(41-24-8-3-9-25-41)51-32-18-34-53-55(51)47-30-15-17-33-52(47)59-53/h1-37H. The molecule has 0 N–H and O–H groups in total. The third-order valence-electron chi connectivity index (χ3n) is 12.5. The van der Waals surface area contributed by atoms with Crippen LogP contribution >= 0.6 is 11.3 Å². The Morgan fingerprint density at radius 2 is 0.966 bits per heavy atom. The summed E-state index contributed by atoms with van der Waals surface area (Å²) in [6.07, 6.45) is 0. The fourth-order valence-electron chi connectivity index (χ4n) is 10.2. The molecular weight excluding hydrogens is 731 g/mol. The molecule has 0 radical (unpaired) electrons. The van der Waals surface area contributed by atoms with Gasteiger partial charge in [-0.05, 0) is 103 Å². The Balaban J connectivity index is 1.18. The van der Waals surface area contributed by atoms with E-state index < -0.39 is 5.41 Å². The Hall–Kier alpha value is -7.26. The fourth-order valence-corrected chi connectivity index (χ4v) is 11.3. The number of rotatable bonds is 6. The number of benzene rings is 10. The molecule has 276 valence electrons. The summed E-state index contributed by atoms with van der Waals surface area (Å²) in [5.74, 6) is 0. The van der Waals surface area contributed by atoms with Gasteiger partial charge in [-0.25, -0.2) is 0 Å². The van der Waals surface area contributed by atoms with E-state index in [9.17, 15) is 0 Å². The average Bonchev–Trinajstić information content (AvgIpc) is 3.85. The molecule has 0 bridgehead atoms. The molecule has 1 aliphatic carbocycles. The van der Waals surface area contributed by atoms with Gasteiger partial charge in [0.2, 0.25) is 0 Å². The molecule has 0 atom stereocenters. The first kappa shape index (κ1) is 33.8. The van der Waals surface area contributed by atoms with Gasteiger partial charge in [0.05, 0.1) is 16.8 Å². The molecule has 10 aromatic carbocycles. The van der Waals surface area contributed by atoms with Gasteiger partial charge in [0.15, 0.2) is 0 Å². The van der Waals surface area contributed by atoms with Crippen LogP contribution in [0.15, 0.2) is 224 Å². The van der Waals surface area contributed by atoms with Gasteiger partial charge in [-0.1, -0.05) is 182 Å². The molecule has 0 saturated heterocycles. The molecule has 0 fully saturated rings. The van der Waals surface area contributed by atoms with E-state index in [2.05, 4.69) is 229 Å². The van der Waals surface area contributed by atoms with Crippen molar-refractivity contribution in [2.24, 2.45) is 0 Å². The highest BCUT2D eigenvalue weighted by molar-refractivity contribution is 7.26. The third kappa shape index (κ3) is 4.97. The SMILES string of the molecule is c1ccc(N(c2ccc(-c3cc4ccccc4c4c3-c3ccccc3C4(c3ccccc3)c3ccccc3)c3ccccc23)c2cccc3sc4ccccc4c23)cc1. The normalized spacial score (nSPS) is 12.9. The van der Waals surface area contributed by atoms with Gasteiger partial charge in [0.25, 0.3) is 0 Å². The molecule has 12 rings (SSSR count). The first-order chi connectivity index (χ1) is 29.3. The van der Waals surface area contributed by atoms with Crippen LogP contribution in [0, 0.1) is 0 Å². The second kappa shape index (κ2) is 13.4. The summed E-state index contributed by atoms with van der Waals surface area (Å²) in [6.45, 7) is 0. The predicted octanol–water partition coefficient (Wildman–Crippen LogP) is 15.9. The predicted molar refractivity (Wildman–Crippen MR) is 252 cm³/mol. The van der Waals surface area contributed by atoms with E-state index in [1.165, 1.54) is 91.9 Å². The van der Waals surface area contributed by atoms with Crippen LogP contribution in [0.4, 0.5) is 17.1 Å². The fraction of sp³-hybridized carbons (Fsp3) is 0.0175. The highest BCUT2D eigenvalue weighted by Crippen LogP contribution is 2.61. The zero-order chi connectivity index (χ0) is 38.9. The van der Waals surface area contributed by atoms with Gasteiger partial charge in [-0.2, -0.15) is 0 Å². The topological polar surface area (TPSA) is 3.24 Å². The lowest BCUT2D eigenvalue weighted by atomic mass is 9.66. The molecule has 59 heavy (non-hydrogen) atoms. The van der Waals surface area contributed by atoms with Crippen molar-refractivity contribution in [1.82, 2.24) is 0 Å². The molecule has 0 saturated carbocycles. The van der Waals surface area contributed by atoms with Gasteiger partial charge in [0, 0.05) is 31.2 Å². The first-order valence-electron chi connectivity index (χ1n) is 20.4. The summed E-state index contributed by atoms with van der Waals surface area (Å²) in [4.78, 5) is 2.48. The summed E-state index contributed by atoms with van der Waals surface area (Å²) < 4.78 is 2.59.